The van der Waals surface area contributed by atoms with Crippen molar-refractivity contribution in [3.05, 3.63) is 65.4 Å². The lowest BCUT2D eigenvalue weighted by Crippen LogP contribution is -2.27. The largest absolute Gasteiger partial charge is 0.416 e. The fourth-order valence-corrected chi connectivity index (χ4v) is 2.96. The normalized spacial score (nSPS) is 13.1. The second-order valence-corrected chi connectivity index (χ2v) is 6.53. The van der Waals surface area contributed by atoms with Crippen LogP contribution < -0.4 is 10.6 Å². The molecule has 1 atom stereocenters. The Morgan fingerprint density at radius 1 is 1.04 bits per heavy atom. The summed E-state index contributed by atoms with van der Waals surface area (Å²) < 4.78 is 37.8. The lowest BCUT2D eigenvalue weighted by molar-refractivity contribution is -0.137. The first kappa shape index (κ1) is 18.3. The van der Waals surface area contributed by atoms with Crippen molar-refractivity contribution in [1.82, 2.24) is 10.3 Å². The van der Waals surface area contributed by atoms with Crippen LogP contribution in [0.5, 0.6) is 0 Å². The van der Waals surface area contributed by atoms with Crippen molar-refractivity contribution in [1.29, 1.82) is 0 Å². The molecule has 3 rings (SSSR count). The van der Waals surface area contributed by atoms with Gasteiger partial charge in [0.25, 0.3) is 0 Å². The molecule has 0 amide bonds. The minimum atomic E-state index is -4.29. The molecule has 0 spiro atoms. The van der Waals surface area contributed by atoms with Gasteiger partial charge in [0.15, 0.2) is 0 Å². The number of rotatable bonds is 6. The highest BCUT2D eigenvalue weighted by atomic mass is 19.4. The minimum Gasteiger partial charge on any atom is -0.388 e. The Kier molecular flexibility index (Phi) is 5.23. The van der Waals surface area contributed by atoms with E-state index in [0.717, 1.165) is 46.4 Å². The van der Waals surface area contributed by atoms with Crippen molar-refractivity contribution in [3.8, 4) is 0 Å². The molecule has 0 aliphatic heterocycles. The molecule has 0 fully saturated rings. The van der Waals surface area contributed by atoms with Crippen LogP contribution in [0.3, 0.4) is 0 Å². The van der Waals surface area contributed by atoms with E-state index in [4.69, 9.17) is 0 Å². The average Bonchev–Trinajstić information content (AvgIpc) is 3.00. The van der Waals surface area contributed by atoms with E-state index in [2.05, 4.69) is 40.7 Å². The van der Waals surface area contributed by atoms with Gasteiger partial charge in [-0.2, -0.15) is 13.2 Å². The van der Waals surface area contributed by atoms with Gasteiger partial charge < -0.3 is 15.6 Å². The number of halogens is 3. The van der Waals surface area contributed by atoms with Crippen LogP contribution in [0, 0.1) is 0 Å². The van der Waals surface area contributed by atoms with Crippen LogP contribution in [0.1, 0.15) is 23.7 Å². The SMILES string of the molecule is CNc1ccc2cc(CC(C)NCc3ccc(C(F)(F)F)cc3)[nH]c2c1. The predicted molar refractivity (Wildman–Crippen MR) is 99.3 cm³/mol. The van der Waals surface area contributed by atoms with Crippen LogP contribution in [0.4, 0.5) is 18.9 Å². The molecule has 1 aromatic heterocycles. The molecule has 0 radical (unpaired) electrons. The zero-order valence-electron chi connectivity index (χ0n) is 14.7. The predicted octanol–water partition coefficient (Wildman–Crippen LogP) is 4.95. The molecule has 3 aromatic rings. The van der Waals surface area contributed by atoms with Crippen LogP contribution in [0.25, 0.3) is 10.9 Å². The zero-order chi connectivity index (χ0) is 18.7. The van der Waals surface area contributed by atoms with Crippen molar-refractivity contribution < 1.29 is 13.2 Å². The van der Waals surface area contributed by atoms with Crippen molar-refractivity contribution in [2.45, 2.75) is 32.1 Å². The highest BCUT2D eigenvalue weighted by Crippen LogP contribution is 2.29. The summed E-state index contributed by atoms with van der Waals surface area (Å²) in [5.41, 5.74) is 3.48. The number of hydrogen-bond acceptors (Lipinski definition) is 2. The Labute approximate surface area is 150 Å². The minimum absolute atomic E-state index is 0.189. The monoisotopic (exact) mass is 361 g/mol. The molecule has 3 N–H and O–H groups in total. The maximum Gasteiger partial charge on any atom is 0.416 e. The van der Waals surface area contributed by atoms with E-state index in [1.54, 1.807) is 0 Å². The van der Waals surface area contributed by atoms with Crippen molar-refractivity contribution in [2.75, 3.05) is 12.4 Å². The van der Waals surface area contributed by atoms with Gasteiger partial charge in [0.1, 0.15) is 0 Å². The summed E-state index contributed by atoms with van der Waals surface area (Å²) in [5.74, 6) is 0. The van der Waals surface area contributed by atoms with Gasteiger partial charge in [-0.3, -0.25) is 0 Å². The Hall–Kier alpha value is -2.47. The number of hydrogen-bond donors (Lipinski definition) is 3. The van der Waals surface area contributed by atoms with Gasteiger partial charge in [-0.05, 0) is 48.2 Å². The van der Waals surface area contributed by atoms with Crippen LogP contribution in [-0.4, -0.2) is 18.1 Å². The van der Waals surface area contributed by atoms with Gasteiger partial charge in [0, 0.05) is 43.0 Å². The summed E-state index contributed by atoms with van der Waals surface area (Å²) >= 11 is 0. The van der Waals surface area contributed by atoms with Crippen LogP contribution >= 0.6 is 0 Å². The second kappa shape index (κ2) is 7.41. The molecule has 3 nitrogen and oxygen atoms in total. The third kappa shape index (κ3) is 4.38. The number of nitrogens with one attached hydrogen (secondary N) is 3. The van der Waals surface area contributed by atoms with E-state index < -0.39 is 11.7 Å². The number of benzene rings is 2. The third-order valence-electron chi connectivity index (χ3n) is 4.43. The molecule has 0 aliphatic rings. The highest BCUT2D eigenvalue weighted by Gasteiger charge is 2.29. The van der Waals surface area contributed by atoms with Gasteiger partial charge in [0.05, 0.1) is 5.56 Å². The number of anilines is 1. The van der Waals surface area contributed by atoms with Crippen LogP contribution in [0.2, 0.25) is 0 Å². The van der Waals surface area contributed by atoms with Gasteiger partial charge in [-0.25, -0.2) is 0 Å². The lowest BCUT2D eigenvalue weighted by atomic mass is 10.1. The highest BCUT2D eigenvalue weighted by molar-refractivity contribution is 5.83. The molecular formula is C20H22F3N3. The van der Waals surface area contributed by atoms with Crippen LogP contribution in [0.15, 0.2) is 48.5 Å². The first-order chi connectivity index (χ1) is 12.3. The molecular weight excluding hydrogens is 339 g/mol. The first-order valence-corrected chi connectivity index (χ1v) is 8.54. The third-order valence-corrected chi connectivity index (χ3v) is 4.43. The topological polar surface area (TPSA) is 39.8 Å². The number of aromatic amines is 1. The van der Waals surface area contributed by atoms with Gasteiger partial charge in [-0.15, -0.1) is 0 Å². The van der Waals surface area contributed by atoms with E-state index in [1.165, 1.54) is 12.1 Å². The lowest BCUT2D eigenvalue weighted by Gasteiger charge is -2.13. The van der Waals surface area contributed by atoms with Crippen molar-refractivity contribution in [2.24, 2.45) is 0 Å². The van der Waals surface area contributed by atoms with E-state index in [9.17, 15) is 13.2 Å². The van der Waals surface area contributed by atoms with Gasteiger partial charge in [-0.1, -0.05) is 18.2 Å². The molecule has 2 aromatic carbocycles. The maximum absolute atomic E-state index is 12.6. The second-order valence-electron chi connectivity index (χ2n) is 6.53. The molecule has 138 valence electrons. The maximum atomic E-state index is 12.6. The zero-order valence-corrected chi connectivity index (χ0v) is 14.7. The van der Waals surface area contributed by atoms with Gasteiger partial charge in [0.2, 0.25) is 0 Å². The van der Waals surface area contributed by atoms with E-state index in [-0.39, 0.29) is 6.04 Å². The summed E-state index contributed by atoms with van der Waals surface area (Å²) in [4.78, 5) is 3.42. The summed E-state index contributed by atoms with van der Waals surface area (Å²) in [6.07, 6.45) is -3.48. The van der Waals surface area contributed by atoms with Crippen molar-refractivity contribution >= 4 is 16.6 Å². The Morgan fingerprint density at radius 3 is 2.42 bits per heavy atom. The molecule has 0 bridgehead atoms. The van der Waals surface area contributed by atoms with Crippen molar-refractivity contribution in [3.63, 3.8) is 0 Å². The Bertz CT molecular complexity index is 866. The fraction of sp³-hybridized carbons (Fsp3) is 0.300. The Morgan fingerprint density at radius 2 is 1.77 bits per heavy atom. The number of alkyl halides is 3. The summed E-state index contributed by atoms with van der Waals surface area (Å²) in [6.45, 7) is 2.60. The standard InChI is InChI=1S/C20H22F3N3/c1-13(25-12-14-3-6-16(7-4-14)20(21,22)23)9-18-10-15-5-8-17(24-2)11-19(15)26-18/h3-8,10-11,13,24-26H,9,12H2,1-2H3. The summed E-state index contributed by atoms with van der Waals surface area (Å²) in [7, 11) is 1.89. The van der Waals surface area contributed by atoms with E-state index in [0.29, 0.717) is 6.54 Å². The van der Waals surface area contributed by atoms with Gasteiger partial charge >= 0.3 is 6.18 Å². The summed E-state index contributed by atoms with van der Waals surface area (Å²) in [6, 6.07) is 13.8. The summed E-state index contributed by atoms with van der Waals surface area (Å²) in [5, 5.41) is 7.64. The molecule has 0 aliphatic carbocycles. The van der Waals surface area contributed by atoms with Crippen LogP contribution in [-0.2, 0) is 19.1 Å². The molecule has 1 heterocycles. The fourth-order valence-electron chi connectivity index (χ4n) is 2.96. The average molecular weight is 361 g/mol. The van der Waals surface area contributed by atoms with E-state index >= 15 is 0 Å². The van der Waals surface area contributed by atoms with E-state index in [1.807, 2.05) is 13.1 Å². The smallest absolute Gasteiger partial charge is 0.388 e. The molecule has 6 heteroatoms. The molecule has 0 saturated carbocycles. The molecule has 0 saturated heterocycles. The first-order valence-electron chi connectivity index (χ1n) is 8.54. The Balaban J connectivity index is 1.58. The molecule has 26 heavy (non-hydrogen) atoms. The molecule has 1 unspecified atom stereocenters. The quantitative estimate of drug-likeness (QED) is 0.581. The number of fused-ring (bicyclic) bond motifs is 1. The number of H-pyrrole nitrogens is 1. The number of aromatic nitrogens is 1.